The predicted molar refractivity (Wildman–Crippen MR) is 104 cm³/mol. The minimum Gasteiger partial charge on any atom is -0.465 e. The van der Waals surface area contributed by atoms with Crippen LogP contribution < -0.4 is 0 Å². The highest BCUT2D eigenvalue weighted by atomic mass is 32.2. The van der Waals surface area contributed by atoms with E-state index in [0.29, 0.717) is 12.5 Å². The van der Waals surface area contributed by atoms with Gasteiger partial charge in [0.25, 0.3) is 0 Å². The van der Waals surface area contributed by atoms with E-state index in [1.54, 1.807) is 17.7 Å². The van der Waals surface area contributed by atoms with Crippen molar-refractivity contribution in [1.29, 1.82) is 0 Å². The Morgan fingerprint density at radius 3 is 2.68 bits per heavy atom. The van der Waals surface area contributed by atoms with Crippen LogP contribution in [0.1, 0.15) is 20.8 Å². The Hall–Kier alpha value is -1.92. The Morgan fingerprint density at radius 2 is 1.96 bits per heavy atom. The summed E-state index contributed by atoms with van der Waals surface area (Å²) < 4.78 is 5.35. The third-order valence-corrected chi connectivity index (χ3v) is 5.56. The number of carbonyl (C=O) groups excluding carboxylic acids is 1. The van der Waals surface area contributed by atoms with E-state index in [4.69, 9.17) is 4.74 Å². The second-order valence-corrected chi connectivity index (χ2v) is 8.35. The quantitative estimate of drug-likeness (QED) is 0.345. The maximum atomic E-state index is 12.2. The molecule has 130 valence electrons. The van der Waals surface area contributed by atoms with Crippen LogP contribution in [0.2, 0.25) is 0 Å². The van der Waals surface area contributed by atoms with Crippen LogP contribution in [0.3, 0.4) is 0 Å². The summed E-state index contributed by atoms with van der Waals surface area (Å²) in [6, 6.07) is 10.2. The number of ether oxygens (including phenoxy) is 1. The molecule has 0 fully saturated rings. The van der Waals surface area contributed by atoms with Crippen molar-refractivity contribution in [3.63, 3.8) is 0 Å². The highest BCUT2D eigenvalue weighted by Crippen LogP contribution is 2.38. The van der Waals surface area contributed by atoms with Crippen LogP contribution >= 0.6 is 23.1 Å². The number of thioether (sulfide) groups is 1. The Labute approximate surface area is 155 Å². The van der Waals surface area contributed by atoms with Gasteiger partial charge in [0.2, 0.25) is 0 Å². The van der Waals surface area contributed by atoms with Crippen LogP contribution in [0.25, 0.3) is 21.3 Å². The zero-order valence-corrected chi connectivity index (χ0v) is 16.1. The monoisotopic (exact) mass is 372 g/mol. The van der Waals surface area contributed by atoms with E-state index in [1.807, 2.05) is 39.0 Å². The predicted octanol–water partition coefficient (Wildman–Crippen LogP) is 5.04. The Balaban J connectivity index is 1.89. The molecule has 3 rings (SSSR count). The van der Waals surface area contributed by atoms with Gasteiger partial charge in [-0.05, 0) is 18.4 Å². The number of hydrogen-bond acceptors (Lipinski definition) is 6. The first-order chi connectivity index (χ1) is 12.1. The maximum Gasteiger partial charge on any atom is 0.319 e. The van der Waals surface area contributed by atoms with Gasteiger partial charge in [-0.2, -0.15) is 0 Å². The van der Waals surface area contributed by atoms with Crippen LogP contribution in [0.5, 0.6) is 0 Å². The minimum atomic E-state index is -0.319. The SMILES string of the molecule is CC(C)COC(=O)C(C)Sc1ncnc2scc(-c3ccccc3)c12. The lowest BCUT2D eigenvalue weighted by Gasteiger charge is -2.13. The summed E-state index contributed by atoms with van der Waals surface area (Å²) in [5.74, 6) is 0.121. The van der Waals surface area contributed by atoms with Gasteiger partial charge in [0, 0.05) is 10.9 Å². The van der Waals surface area contributed by atoms with Crippen molar-refractivity contribution in [2.75, 3.05) is 6.61 Å². The van der Waals surface area contributed by atoms with E-state index in [0.717, 1.165) is 26.4 Å². The molecular weight excluding hydrogens is 352 g/mol. The molecule has 0 radical (unpaired) electrons. The van der Waals surface area contributed by atoms with Crippen LogP contribution in [0.4, 0.5) is 0 Å². The molecule has 0 spiro atoms. The van der Waals surface area contributed by atoms with E-state index in [1.165, 1.54) is 11.8 Å². The molecule has 0 saturated carbocycles. The number of hydrogen-bond donors (Lipinski definition) is 0. The van der Waals surface area contributed by atoms with Gasteiger partial charge in [-0.15, -0.1) is 11.3 Å². The number of nitrogens with zero attached hydrogens (tertiary/aromatic N) is 2. The molecule has 0 aliphatic carbocycles. The maximum absolute atomic E-state index is 12.2. The molecular formula is C19H20N2O2S2. The molecule has 1 aromatic carbocycles. The van der Waals surface area contributed by atoms with Crippen LogP contribution in [-0.4, -0.2) is 27.8 Å². The van der Waals surface area contributed by atoms with Gasteiger partial charge in [0.05, 0.1) is 12.0 Å². The number of fused-ring (bicyclic) bond motifs is 1. The summed E-state index contributed by atoms with van der Waals surface area (Å²) in [7, 11) is 0. The van der Waals surface area contributed by atoms with E-state index < -0.39 is 0 Å². The number of carbonyl (C=O) groups is 1. The van der Waals surface area contributed by atoms with Crippen molar-refractivity contribution in [3.05, 3.63) is 42.0 Å². The molecule has 0 aliphatic heterocycles. The average molecular weight is 373 g/mol. The normalized spacial score (nSPS) is 12.5. The minimum absolute atomic E-state index is 0.207. The summed E-state index contributed by atoms with van der Waals surface area (Å²) in [6.07, 6.45) is 1.56. The Bertz CT molecular complexity index is 862. The van der Waals surface area contributed by atoms with Gasteiger partial charge < -0.3 is 4.74 Å². The average Bonchev–Trinajstić information content (AvgIpc) is 3.05. The topological polar surface area (TPSA) is 52.1 Å². The van der Waals surface area contributed by atoms with Gasteiger partial charge in [0.15, 0.2) is 0 Å². The molecule has 0 N–H and O–H groups in total. The molecule has 25 heavy (non-hydrogen) atoms. The molecule has 4 nitrogen and oxygen atoms in total. The van der Waals surface area contributed by atoms with Crippen LogP contribution in [0, 0.1) is 5.92 Å². The Morgan fingerprint density at radius 1 is 1.20 bits per heavy atom. The number of esters is 1. The van der Waals surface area contributed by atoms with Gasteiger partial charge in [-0.1, -0.05) is 55.9 Å². The first kappa shape index (κ1) is 17.9. The molecule has 6 heteroatoms. The number of benzene rings is 1. The Kier molecular flexibility index (Phi) is 5.71. The highest BCUT2D eigenvalue weighted by molar-refractivity contribution is 8.00. The lowest BCUT2D eigenvalue weighted by molar-refractivity contribution is -0.143. The van der Waals surface area contributed by atoms with Gasteiger partial charge in [0.1, 0.15) is 21.4 Å². The first-order valence-electron chi connectivity index (χ1n) is 8.17. The fourth-order valence-electron chi connectivity index (χ4n) is 2.35. The summed E-state index contributed by atoms with van der Waals surface area (Å²) in [5, 5.41) is 3.60. The molecule has 0 amide bonds. The van der Waals surface area contributed by atoms with E-state index in [2.05, 4.69) is 27.5 Å². The van der Waals surface area contributed by atoms with Crippen molar-refractivity contribution in [3.8, 4) is 11.1 Å². The van der Waals surface area contributed by atoms with Crippen molar-refractivity contribution in [1.82, 2.24) is 9.97 Å². The van der Waals surface area contributed by atoms with E-state index in [9.17, 15) is 4.79 Å². The first-order valence-corrected chi connectivity index (χ1v) is 9.93. The van der Waals surface area contributed by atoms with Gasteiger partial charge in [-0.3, -0.25) is 4.79 Å². The summed E-state index contributed by atoms with van der Waals surface area (Å²) in [4.78, 5) is 21.9. The highest BCUT2D eigenvalue weighted by Gasteiger charge is 2.21. The zero-order chi connectivity index (χ0) is 17.8. The van der Waals surface area contributed by atoms with Gasteiger partial charge in [-0.25, -0.2) is 9.97 Å². The number of aromatic nitrogens is 2. The van der Waals surface area contributed by atoms with Crippen molar-refractivity contribution in [2.24, 2.45) is 5.92 Å². The third-order valence-electron chi connectivity index (χ3n) is 3.60. The summed E-state index contributed by atoms with van der Waals surface area (Å²) in [5.41, 5.74) is 2.23. The zero-order valence-electron chi connectivity index (χ0n) is 14.4. The lowest BCUT2D eigenvalue weighted by Crippen LogP contribution is -2.19. The molecule has 2 aromatic heterocycles. The van der Waals surface area contributed by atoms with Crippen LogP contribution in [-0.2, 0) is 9.53 Å². The second-order valence-electron chi connectivity index (χ2n) is 6.16. The largest absolute Gasteiger partial charge is 0.465 e. The summed E-state index contributed by atoms with van der Waals surface area (Å²) in [6.45, 7) is 6.35. The third kappa shape index (κ3) is 4.19. The van der Waals surface area contributed by atoms with Crippen molar-refractivity contribution < 1.29 is 9.53 Å². The van der Waals surface area contributed by atoms with Crippen LogP contribution in [0.15, 0.2) is 47.1 Å². The molecule has 2 heterocycles. The smallest absolute Gasteiger partial charge is 0.319 e. The van der Waals surface area contributed by atoms with Gasteiger partial charge >= 0.3 is 5.97 Å². The number of thiophene rings is 1. The number of rotatable bonds is 6. The lowest BCUT2D eigenvalue weighted by atomic mass is 10.1. The molecule has 0 bridgehead atoms. The fourth-order valence-corrected chi connectivity index (χ4v) is 4.26. The standard InChI is InChI=1S/C19H20N2O2S2/c1-12(2)9-23-19(22)13(3)25-18-16-15(14-7-5-4-6-8-14)10-24-17(16)20-11-21-18/h4-8,10-13H,9H2,1-3H3. The second kappa shape index (κ2) is 7.97. The molecule has 1 atom stereocenters. The van der Waals surface area contributed by atoms with E-state index in [-0.39, 0.29) is 11.2 Å². The van der Waals surface area contributed by atoms with Crippen molar-refractivity contribution in [2.45, 2.75) is 31.0 Å². The fraction of sp³-hybridized carbons (Fsp3) is 0.316. The van der Waals surface area contributed by atoms with Crippen molar-refractivity contribution >= 4 is 39.3 Å². The molecule has 3 aromatic rings. The van der Waals surface area contributed by atoms with E-state index >= 15 is 0 Å². The molecule has 1 unspecified atom stereocenters. The molecule has 0 aliphatic rings. The molecule has 0 saturated heterocycles. The summed E-state index contributed by atoms with van der Waals surface area (Å²) >= 11 is 3.02.